The molecule has 0 aliphatic carbocycles. The fraction of sp³-hybridized carbons (Fsp3) is 0.857. The molecule has 1 fully saturated rings. The molecule has 0 aromatic carbocycles. The average Bonchev–Trinajstić information content (AvgIpc) is 2.47. The molecule has 0 amide bonds. The summed E-state index contributed by atoms with van der Waals surface area (Å²) in [5, 5.41) is 2.79. The summed E-state index contributed by atoms with van der Waals surface area (Å²) in [4.78, 5) is 11.4. The lowest BCUT2D eigenvalue weighted by atomic mass is 10.1. The standard InChI is InChI=1S/C7H11Cl3NO3P/c1-3(14-15)2-4-5(12)13-6(11-4)7(8,9)10/h3-4,6,11H,2,15H2,1H3. The molecule has 1 aliphatic rings. The Morgan fingerprint density at radius 3 is 2.67 bits per heavy atom. The highest BCUT2D eigenvalue weighted by Crippen LogP contribution is 2.34. The number of hydrogen-bond donors (Lipinski definition) is 1. The number of carbonyl (C=O) groups excluding carboxylic acids is 1. The summed E-state index contributed by atoms with van der Waals surface area (Å²) in [6.45, 7) is 1.82. The number of esters is 1. The summed E-state index contributed by atoms with van der Waals surface area (Å²) in [6, 6.07) is -0.499. The number of alkyl halides is 3. The minimum Gasteiger partial charge on any atom is -0.441 e. The molecule has 0 aromatic heterocycles. The monoisotopic (exact) mass is 293 g/mol. The molecule has 0 bridgehead atoms. The van der Waals surface area contributed by atoms with Gasteiger partial charge in [-0.1, -0.05) is 34.8 Å². The van der Waals surface area contributed by atoms with Gasteiger partial charge in [-0.2, -0.15) is 0 Å². The van der Waals surface area contributed by atoms with E-state index in [0.717, 1.165) is 0 Å². The molecule has 1 saturated heterocycles. The fourth-order valence-corrected chi connectivity index (χ4v) is 1.63. The van der Waals surface area contributed by atoms with Crippen LogP contribution in [0.15, 0.2) is 0 Å². The van der Waals surface area contributed by atoms with E-state index in [4.69, 9.17) is 44.1 Å². The van der Waals surface area contributed by atoms with Gasteiger partial charge in [-0.05, 0) is 13.3 Å². The molecule has 0 saturated carbocycles. The fourth-order valence-electron chi connectivity index (χ4n) is 1.20. The van der Waals surface area contributed by atoms with Crippen LogP contribution in [0.1, 0.15) is 13.3 Å². The highest BCUT2D eigenvalue weighted by atomic mass is 35.6. The molecule has 4 atom stereocenters. The predicted molar refractivity (Wildman–Crippen MR) is 62.0 cm³/mol. The van der Waals surface area contributed by atoms with Crippen LogP contribution in [0.3, 0.4) is 0 Å². The van der Waals surface area contributed by atoms with Crippen molar-refractivity contribution in [3.05, 3.63) is 0 Å². The van der Waals surface area contributed by atoms with Crippen LogP contribution in [-0.4, -0.2) is 28.1 Å². The molecule has 0 spiro atoms. The van der Waals surface area contributed by atoms with Gasteiger partial charge in [0.1, 0.15) is 6.04 Å². The van der Waals surface area contributed by atoms with Gasteiger partial charge in [0.2, 0.25) is 10.0 Å². The molecule has 8 heteroatoms. The topological polar surface area (TPSA) is 47.6 Å². The zero-order valence-electron chi connectivity index (χ0n) is 7.88. The number of carbonyl (C=O) groups is 1. The van der Waals surface area contributed by atoms with Crippen LogP contribution >= 0.6 is 44.3 Å². The normalized spacial score (nSPS) is 29.0. The Morgan fingerprint density at radius 1 is 1.67 bits per heavy atom. The Bertz CT molecular complexity index is 248. The van der Waals surface area contributed by atoms with Crippen molar-refractivity contribution in [3.63, 3.8) is 0 Å². The van der Waals surface area contributed by atoms with Crippen molar-refractivity contribution in [2.45, 2.75) is 35.5 Å². The van der Waals surface area contributed by atoms with E-state index in [1.807, 2.05) is 6.92 Å². The Kier molecular flexibility index (Phi) is 4.90. The Labute approximate surface area is 105 Å². The van der Waals surface area contributed by atoms with E-state index in [1.165, 1.54) is 0 Å². The minimum atomic E-state index is -1.66. The van der Waals surface area contributed by atoms with E-state index in [-0.39, 0.29) is 6.10 Å². The van der Waals surface area contributed by atoms with Crippen LogP contribution < -0.4 is 5.32 Å². The Balaban J connectivity index is 2.53. The van der Waals surface area contributed by atoms with Crippen LogP contribution in [0.2, 0.25) is 0 Å². The van der Waals surface area contributed by atoms with Gasteiger partial charge in [-0.15, -0.1) is 0 Å². The smallest absolute Gasteiger partial charge is 0.325 e. The molecular formula is C7H11Cl3NO3P. The molecule has 0 aromatic rings. The number of cyclic esters (lactones) is 1. The molecule has 4 nitrogen and oxygen atoms in total. The van der Waals surface area contributed by atoms with Crippen molar-refractivity contribution in [1.29, 1.82) is 0 Å². The molecule has 1 heterocycles. The third-order valence-corrected chi connectivity index (χ3v) is 3.03. The first-order chi connectivity index (χ1) is 6.84. The number of ether oxygens (including phenoxy) is 1. The number of nitrogens with one attached hydrogen (secondary N) is 1. The van der Waals surface area contributed by atoms with Crippen molar-refractivity contribution in [3.8, 4) is 0 Å². The lowest BCUT2D eigenvalue weighted by molar-refractivity contribution is -0.142. The van der Waals surface area contributed by atoms with E-state index in [2.05, 4.69) is 14.8 Å². The summed E-state index contributed by atoms with van der Waals surface area (Å²) < 4.78 is 8.17. The second-order valence-electron chi connectivity index (χ2n) is 3.26. The molecule has 15 heavy (non-hydrogen) atoms. The highest BCUT2D eigenvalue weighted by molar-refractivity contribution is 7.09. The SMILES string of the molecule is CC(CC1NC(C(Cl)(Cl)Cl)OC1=O)OP. The summed E-state index contributed by atoms with van der Waals surface area (Å²) in [6.07, 6.45) is -0.551. The van der Waals surface area contributed by atoms with E-state index in [0.29, 0.717) is 6.42 Å². The Hall–Kier alpha value is 0.690. The van der Waals surface area contributed by atoms with Gasteiger partial charge in [0.15, 0.2) is 0 Å². The average molecular weight is 295 g/mol. The third-order valence-electron chi connectivity index (χ3n) is 1.97. The van der Waals surface area contributed by atoms with Crippen LogP contribution in [-0.2, 0) is 14.1 Å². The van der Waals surface area contributed by atoms with Gasteiger partial charge in [-0.3, -0.25) is 10.1 Å². The Morgan fingerprint density at radius 2 is 2.27 bits per heavy atom. The molecule has 1 N–H and O–H groups in total. The van der Waals surface area contributed by atoms with Crippen LogP contribution in [0, 0.1) is 0 Å². The van der Waals surface area contributed by atoms with E-state index in [1.54, 1.807) is 0 Å². The van der Waals surface area contributed by atoms with Gasteiger partial charge >= 0.3 is 5.97 Å². The maximum atomic E-state index is 11.4. The van der Waals surface area contributed by atoms with Crippen molar-refractivity contribution >= 4 is 50.2 Å². The summed E-state index contributed by atoms with van der Waals surface area (Å²) in [7, 11) is 2.13. The van der Waals surface area contributed by atoms with Gasteiger partial charge in [-0.25, -0.2) is 0 Å². The maximum Gasteiger partial charge on any atom is 0.325 e. The molecular weight excluding hydrogens is 283 g/mol. The first-order valence-electron chi connectivity index (χ1n) is 4.23. The van der Waals surface area contributed by atoms with Crippen molar-refractivity contribution in [2.75, 3.05) is 0 Å². The quantitative estimate of drug-likeness (QED) is 0.490. The summed E-state index contributed by atoms with van der Waals surface area (Å²) >= 11 is 16.8. The second kappa shape index (κ2) is 5.35. The van der Waals surface area contributed by atoms with E-state index < -0.39 is 22.0 Å². The van der Waals surface area contributed by atoms with Crippen molar-refractivity contribution in [1.82, 2.24) is 5.32 Å². The van der Waals surface area contributed by atoms with Gasteiger partial charge in [0.25, 0.3) is 0 Å². The maximum absolute atomic E-state index is 11.4. The highest BCUT2D eigenvalue weighted by Gasteiger charge is 2.45. The zero-order chi connectivity index (χ0) is 11.6. The molecule has 1 rings (SSSR count). The predicted octanol–water partition coefficient (Wildman–Crippen LogP) is 1.78. The van der Waals surface area contributed by atoms with E-state index in [9.17, 15) is 4.79 Å². The second-order valence-corrected chi connectivity index (χ2v) is 5.90. The van der Waals surface area contributed by atoms with Crippen LogP contribution in [0.5, 0.6) is 0 Å². The molecule has 88 valence electrons. The van der Waals surface area contributed by atoms with E-state index >= 15 is 0 Å². The first-order valence-corrected chi connectivity index (χ1v) is 5.84. The zero-order valence-corrected chi connectivity index (χ0v) is 11.3. The first kappa shape index (κ1) is 13.8. The number of rotatable bonds is 3. The number of halogens is 3. The number of hydrogen-bond acceptors (Lipinski definition) is 4. The largest absolute Gasteiger partial charge is 0.441 e. The van der Waals surface area contributed by atoms with Crippen molar-refractivity contribution < 1.29 is 14.1 Å². The molecule has 0 radical (unpaired) electrons. The third kappa shape index (κ3) is 3.88. The van der Waals surface area contributed by atoms with Crippen LogP contribution in [0.4, 0.5) is 0 Å². The van der Waals surface area contributed by atoms with Crippen LogP contribution in [0.25, 0.3) is 0 Å². The van der Waals surface area contributed by atoms with Gasteiger partial charge < -0.3 is 9.26 Å². The van der Waals surface area contributed by atoms with Gasteiger partial charge in [0.05, 0.1) is 6.10 Å². The lowest BCUT2D eigenvalue weighted by Crippen LogP contribution is -2.40. The minimum absolute atomic E-state index is 0.103. The lowest BCUT2D eigenvalue weighted by Gasteiger charge is -2.18. The van der Waals surface area contributed by atoms with Crippen molar-refractivity contribution in [2.24, 2.45) is 0 Å². The van der Waals surface area contributed by atoms with Gasteiger partial charge in [0, 0.05) is 9.47 Å². The molecule has 4 unspecified atom stereocenters. The summed E-state index contributed by atoms with van der Waals surface area (Å²) in [5.41, 5.74) is 0. The summed E-state index contributed by atoms with van der Waals surface area (Å²) in [5.74, 6) is -0.430. The molecule has 1 aliphatic heterocycles.